The predicted octanol–water partition coefficient (Wildman–Crippen LogP) is 3.86. The Morgan fingerprint density at radius 1 is 1.26 bits per heavy atom. The monoisotopic (exact) mass is 340 g/mol. The summed E-state index contributed by atoms with van der Waals surface area (Å²) in [7, 11) is 0. The van der Waals surface area contributed by atoms with Crippen molar-refractivity contribution >= 4 is 33.1 Å². The highest BCUT2D eigenvalue weighted by Gasteiger charge is 2.19. The first-order valence-corrected chi connectivity index (χ1v) is 7.54. The third-order valence-corrected chi connectivity index (χ3v) is 4.85. The quantitative estimate of drug-likeness (QED) is 0.643. The molecule has 0 saturated heterocycles. The van der Waals surface area contributed by atoms with Crippen molar-refractivity contribution in [3.8, 4) is 10.7 Å². The second-order valence-electron chi connectivity index (χ2n) is 5.37. The first-order chi connectivity index (χ1) is 8.81. The summed E-state index contributed by atoms with van der Waals surface area (Å²) in [6, 6.07) is 3.93. The predicted molar refractivity (Wildman–Crippen MR) is 84.3 cm³/mol. The second-order valence-corrected chi connectivity index (χ2v) is 7.48. The van der Waals surface area contributed by atoms with Crippen LogP contribution in [-0.2, 0) is 5.41 Å². The van der Waals surface area contributed by atoms with Gasteiger partial charge in [0.15, 0.2) is 5.82 Å². The summed E-state index contributed by atoms with van der Waals surface area (Å²) in [4.78, 5) is 11.3. The van der Waals surface area contributed by atoms with Crippen LogP contribution in [0.15, 0.2) is 16.6 Å². The fraction of sp³-hybridized carbons (Fsp3) is 0.385. The van der Waals surface area contributed by atoms with Crippen molar-refractivity contribution < 1.29 is 0 Å². The van der Waals surface area contributed by atoms with Crippen LogP contribution in [0.2, 0.25) is 0 Å². The minimum atomic E-state index is -0.0488. The molecule has 0 atom stereocenters. The number of hydrogen-bond acceptors (Lipinski definition) is 5. The van der Waals surface area contributed by atoms with E-state index < -0.39 is 0 Å². The fourth-order valence-corrected chi connectivity index (χ4v) is 3.05. The number of hydrogen-bond donors (Lipinski definition) is 2. The molecule has 2 aromatic heterocycles. The zero-order valence-electron chi connectivity index (χ0n) is 11.4. The minimum Gasteiger partial charge on any atom is -0.308 e. The fourth-order valence-electron chi connectivity index (χ4n) is 1.59. The van der Waals surface area contributed by atoms with Gasteiger partial charge in [-0.05, 0) is 28.9 Å². The third kappa shape index (κ3) is 3.13. The lowest BCUT2D eigenvalue weighted by atomic mass is 9.92. The summed E-state index contributed by atoms with van der Waals surface area (Å²) < 4.78 is 1.08. The van der Waals surface area contributed by atoms with Crippen molar-refractivity contribution in [2.24, 2.45) is 5.84 Å². The lowest BCUT2D eigenvalue weighted by molar-refractivity contribution is 0.568. The minimum absolute atomic E-state index is 0.0488. The Morgan fingerprint density at radius 3 is 2.42 bits per heavy atom. The number of nitrogens with one attached hydrogen (secondary N) is 1. The molecule has 102 valence electrons. The molecule has 3 N–H and O–H groups in total. The van der Waals surface area contributed by atoms with Gasteiger partial charge in [-0.2, -0.15) is 0 Å². The van der Waals surface area contributed by atoms with Crippen LogP contribution < -0.4 is 11.3 Å². The maximum Gasteiger partial charge on any atom is 0.171 e. The van der Waals surface area contributed by atoms with Gasteiger partial charge in [0.2, 0.25) is 0 Å². The Morgan fingerprint density at radius 2 is 1.95 bits per heavy atom. The SMILES string of the molecule is Cc1sc(-c2nc(NN)cc(C(C)(C)C)n2)cc1Br. The van der Waals surface area contributed by atoms with E-state index in [9.17, 15) is 0 Å². The van der Waals surface area contributed by atoms with Crippen LogP contribution in [0, 0.1) is 6.92 Å². The first-order valence-electron chi connectivity index (χ1n) is 5.94. The highest BCUT2D eigenvalue weighted by atomic mass is 79.9. The van der Waals surface area contributed by atoms with E-state index >= 15 is 0 Å². The molecule has 0 unspecified atom stereocenters. The Labute approximate surface area is 125 Å². The van der Waals surface area contributed by atoms with Gasteiger partial charge in [0.25, 0.3) is 0 Å². The van der Waals surface area contributed by atoms with Gasteiger partial charge in [0.1, 0.15) is 5.82 Å². The number of anilines is 1. The molecule has 0 bridgehead atoms. The summed E-state index contributed by atoms with van der Waals surface area (Å²) in [6.07, 6.45) is 0. The zero-order valence-corrected chi connectivity index (χ0v) is 13.8. The van der Waals surface area contributed by atoms with Crippen LogP contribution in [0.4, 0.5) is 5.82 Å². The van der Waals surface area contributed by atoms with Gasteiger partial charge in [-0.3, -0.25) is 0 Å². The number of aromatic nitrogens is 2. The molecule has 0 aliphatic carbocycles. The summed E-state index contributed by atoms with van der Waals surface area (Å²) in [6.45, 7) is 8.42. The number of nitrogens with two attached hydrogens (primary N) is 1. The van der Waals surface area contributed by atoms with Gasteiger partial charge in [-0.15, -0.1) is 11.3 Å². The van der Waals surface area contributed by atoms with Crippen molar-refractivity contribution in [1.29, 1.82) is 0 Å². The molecule has 0 spiro atoms. The number of thiophene rings is 1. The van der Waals surface area contributed by atoms with Gasteiger partial charge in [-0.25, -0.2) is 15.8 Å². The largest absolute Gasteiger partial charge is 0.308 e. The molecule has 6 heteroatoms. The topological polar surface area (TPSA) is 63.8 Å². The normalized spacial score (nSPS) is 11.7. The van der Waals surface area contributed by atoms with Gasteiger partial charge in [0.05, 0.1) is 10.6 Å². The smallest absolute Gasteiger partial charge is 0.171 e. The lowest BCUT2D eigenvalue weighted by Crippen LogP contribution is -2.17. The Balaban J connectivity index is 2.57. The van der Waals surface area contributed by atoms with Crippen molar-refractivity contribution in [2.75, 3.05) is 5.43 Å². The van der Waals surface area contributed by atoms with Crippen molar-refractivity contribution in [3.05, 3.63) is 27.2 Å². The average molecular weight is 341 g/mol. The van der Waals surface area contributed by atoms with E-state index in [1.807, 2.05) is 12.1 Å². The number of nitrogens with zero attached hydrogens (tertiary/aromatic N) is 2. The van der Waals surface area contributed by atoms with Crippen LogP contribution in [0.5, 0.6) is 0 Å². The van der Waals surface area contributed by atoms with E-state index in [-0.39, 0.29) is 5.41 Å². The van der Waals surface area contributed by atoms with Crippen molar-refractivity contribution in [2.45, 2.75) is 33.1 Å². The van der Waals surface area contributed by atoms with E-state index in [0.717, 1.165) is 15.0 Å². The van der Waals surface area contributed by atoms with Gasteiger partial charge < -0.3 is 5.43 Å². The molecule has 0 aliphatic heterocycles. The summed E-state index contributed by atoms with van der Waals surface area (Å²) in [5, 5.41) is 0. The molecule has 2 rings (SSSR count). The van der Waals surface area contributed by atoms with Gasteiger partial charge in [-0.1, -0.05) is 20.8 Å². The lowest BCUT2D eigenvalue weighted by Gasteiger charge is -2.19. The van der Waals surface area contributed by atoms with E-state index in [0.29, 0.717) is 11.6 Å². The standard InChI is InChI=1S/C13H17BrN4S/c1-7-8(14)5-9(19-7)12-16-10(13(2,3)4)6-11(17-12)18-15/h5-6H,15H2,1-4H3,(H,16,17,18). The highest BCUT2D eigenvalue weighted by molar-refractivity contribution is 9.10. The average Bonchev–Trinajstić information content (AvgIpc) is 2.68. The van der Waals surface area contributed by atoms with Crippen LogP contribution in [-0.4, -0.2) is 9.97 Å². The number of halogens is 1. The molecule has 0 radical (unpaired) electrons. The highest BCUT2D eigenvalue weighted by Crippen LogP contribution is 2.34. The summed E-state index contributed by atoms with van der Waals surface area (Å²) in [5.74, 6) is 6.84. The van der Waals surface area contributed by atoms with Crippen LogP contribution in [0.1, 0.15) is 31.3 Å². The second kappa shape index (κ2) is 5.19. The van der Waals surface area contributed by atoms with Crippen LogP contribution in [0.3, 0.4) is 0 Å². The van der Waals surface area contributed by atoms with E-state index in [4.69, 9.17) is 5.84 Å². The number of hydrazine groups is 1. The van der Waals surface area contributed by atoms with E-state index in [2.05, 4.69) is 59.0 Å². The molecule has 0 aliphatic rings. The zero-order chi connectivity index (χ0) is 14.2. The van der Waals surface area contributed by atoms with Gasteiger partial charge >= 0.3 is 0 Å². The van der Waals surface area contributed by atoms with E-state index in [1.54, 1.807) is 11.3 Å². The third-order valence-electron chi connectivity index (χ3n) is 2.72. The molecule has 0 fully saturated rings. The maximum absolute atomic E-state index is 5.50. The molecular weight excluding hydrogens is 324 g/mol. The number of aryl methyl sites for hydroxylation is 1. The number of rotatable bonds is 2. The Hall–Kier alpha value is -0.980. The molecule has 2 heterocycles. The van der Waals surface area contributed by atoms with Crippen LogP contribution in [0.25, 0.3) is 10.7 Å². The molecule has 0 aromatic carbocycles. The summed E-state index contributed by atoms with van der Waals surface area (Å²) in [5.41, 5.74) is 3.53. The maximum atomic E-state index is 5.50. The summed E-state index contributed by atoms with van der Waals surface area (Å²) >= 11 is 5.19. The van der Waals surface area contributed by atoms with Crippen molar-refractivity contribution in [1.82, 2.24) is 9.97 Å². The molecule has 0 saturated carbocycles. The molecule has 19 heavy (non-hydrogen) atoms. The van der Waals surface area contributed by atoms with Gasteiger partial charge in [0, 0.05) is 20.8 Å². The Kier molecular flexibility index (Phi) is 3.94. The van der Waals surface area contributed by atoms with Crippen molar-refractivity contribution in [3.63, 3.8) is 0 Å². The molecule has 2 aromatic rings. The van der Waals surface area contributed by atoms with E-state index in [1.165, 1.54) is 4.88 Å². The molecule has 4 nitrogen and oxygen atoms in total. The number of nitrogen functional groups attached to an aromatic ring is 1. The molecular formula is C13H17BrN4S. The molecule has 0 amide bonds. The van der Waals surface area contributed by atoms with Crippen LogP contribution >= 0.6 is 27.3 Å². The Bertz CT molecular complexity index is 582. The first kappa shape index (κ1) is 14.4.